The average Bonchev–Trinajstić information content (AvgIpc) is 2.94. The first-order chi connectivity index (χ1) is 12.9. The van der Waals surface area contributed by atoms with E-state index in [1.165, 1.54) is 0 Å². The Bertz CT molecular complexity index is 871. The molecule has 0 saturated heterocycles. The third-order valence-electron chi connectivity index (χ3n) is 4.28. The highest BCUT2D eigenvalue weighted by Gasteiger charge is 2.21. The number of fused-ring (bicyclic) bond motifs is 1. The molecule has 3 rings (SSSR count). The van der Waals surface area contributed by atoms with E-state index in [1.54, 1.807) is 39.0 Å². The number of hydrogen-bond donors (Lipinski definition) is 3. The predicted octanol–water partition coefficient (Wildman–Crippen LogP) is 2.25. The first kappa shape index (κ1) is 18.8. The van der Waals surface area contributed by atoms with Crippen LogP contribution in [-0.4, -0.2) is 41.8 Å². The lowest BCUT2D eigenvalue weighted by atomic mass is 10.1. The van der Waals surface area contributed by atoms with Crippen LogP contribution in [0, 0.1) is 13.8 Å². The van der Waals surface area contributed by atoms with Crippen LogP contribution in [0.3, 0.4) is 0 Å². The summed E-state index contributed by atoms with van der Waals surface area (Å²) >= 11 is 0. The van der Waals surface area contributed by atoms with Crippen molar-refractivity contribution < 1.29 is 28.9 Å². The lowest BCUT2D eigenvalue weighted by molar-refractivity contribution is -0.119. The summed E-state index contributed by atoms with van der Waals surface area (Å²) in [5.74, 6) is 0.0490. The van der Waals surface area contributed by atoms with Gasteiger partial charge in [-0.15, -0.1) is 0 Å². The van der Waals surface area contributed by atoms with E-state index in [9.17, 15) is 14.7 Å². The van der Waals surface area contributed by atoms with Gasteiger partial charge in [0.2, 0.25) is 0 Å². The number of aromatic amines is 1. The minimum absolute atomic E-state index is 0.232. The van der Waals surface area contributed by atoms with Crippen LogP contribution in [-0.2, 0) is 9.53 Å². The molecule has 3 N–H and O–H groups in total. The quantitative estimate of drug-likeness (QED) is 0.693. The summed E-state index contributed by atoms with van der Waals surface area (Å²) in [6.07, 6.45) is -0.707. The highest BCUT2D eigenvalue weighted by molar-refractivity contribution is 5.95. The molecule has 8 heteroatoms. The van der Waals surface area contributed by atoms with E-state index < -0.39 is 24.6 Å². The number of ether oxygens (including phenoxy) is 3. The molecule has 0 bridgehead atoms. The van der Waals surface area contributed by atoms with Gasteiger partial charge in [0, 0.05) is 23.0 Å². The zero-order chi connectivity index (χ0) is 19.6. The molecule has 1 amide bonds. The van der Waals surface area contributed by atoms with Crippen LogP contribution in [0.4, 0.5) is 5.69 Å². The Kier molecular flexibility index (Phi) is 5.36. The van der Waals surface area contributed by atoms with Crippen molar-refractivity contribution in [1.29, 1.82) is 0 Å². The van der Waals surface area contributed by atoms with E-state index in [2.05, 4.69) is 10.3 Å². The number of carbonyl (C=O) groups excluding carboxylic acids is 2. The smallest absolute Gasteiger partial charge is 0.355 e. The summed E-state index contributed by atoms with van der Waals surface area (Å²) in [4.78, 5) is 27.2. The topological polar surface area (TPSA) is 110 Å². The molecule has 144 valence electrons. The highest BCUT2D eigenvalue weighted by atomic mass is 16.6. The largest absolute Gasteiger partial charge is 0.486 e. The van der Waals surface area contributed by atoms with Gasteiger partial charge in [-0.05, 0) is 38.5 Å². The van der Waals surface area contributed by atoms with Crippen molar-refractivity contribution in [3.63, 3.8) is 0 Å². The molecule has 2 aromatic rings. The van der Waals surface area contributed by atoms with Crippen molar-refractivity contribution in [2.45, 2.75) is 26.9 Å². The molecule has 1 atom stereocenters. The van der Waals surface area contributed by atoms with Crippen LogP contribution in [0.15, 0.2) is 18.2 Å². The molecule has 0 radical (unpaired) electrons. The Morgan fingerprint density at radius 1 is 1.26 bits per heavy atom. The third-order valence-corrected chi connectivity index (χ3v) is 4.28. The molecule has 0 saturated carbocycles. The minimum atomic E-state index is -0.707. The van der Waals surface area contributed by atoms with Gasteiger partial charge in [-0.25, -0.2) is 4.79 Å². The average molecular weight is 374 g/mol. The minimum Gasteiger partial charge on any atom is -0.486 e. The zero-order valence-electron chi connectivity index (χ0n) is 15.4. The number of anilines is 1. The second-order valence-electron chi connectivity index (χ2n) is 6.32. The van der Waals surface area contributed by atoms with Crippen LogP contribution in [0.2, 0.25) is 0 Å². The number of H-pyrrole nitrogens is 1. The molecule has 0 fully saturated rings. The maximum atomic E-state index is 12.3. The monoisotopic (exact) mass is 374 g/mol. The van der Waals surface area contributed by atoms with E-state index in [0.29, 0.717) is 47.2 Å². The molecule has 1 aliphatic heterocycles. The third kappa shape index (κ3) is 4.06. The van der Waals surface area contributed by atoms with Crippen molar-refractivity contribution >= 4 is 17.6 Å². The lowest BCUT2D eigenvalue weighted by Crippen LogP contribution is -2.22. The van der Waals surface area contributed by atoms with Crippen LogP contribution in [0.25, 0.3) is 0 Å². The molecule has 27 heavy (non-hydrogen) atoms. The van der Waals surface area contributed by atoms with Gasteiger partial charge >= 0.3 is 5.97 Å². The highest BCUT2D eigenvalue weighted by Crippen LogP contribution is 2.32. The molecule has 8 nitrogen and oxygen atoms in total. The Hall–Kier alpha value is -3.00. The number of benzene rings is 1. The normalized spacial score (nSPS) is 13.8. The molecular weight excluding hydrogens is 352 g/mol. The Morgan fingerprint density at radius 3 is 2.63 bits per heavy atom. The molecule has 1 aliphatic rings. The van der Waals surface area contributed by atoms with E-state index in [0.717, 1.165) is 0 Å². The number of aryl methyl sites for hydroxylation is 1. The number of rotatable bonds is 5. The van der Waals surface area contributed by atoms with Gasteiger partial charge in [0.05, 0.1) is 6.10 Å². The molecular formula is C19H22N2O6. The first-order valence-electron chi connectivity index (χ1n) is 8.60. The van der Waals surface area contributed by atoms with E-state index in [1.807, 2.05) is 0 Å². The summed E-state index contributed by atoms with van der Waals surface area (Å²) in [5, 5.41) is 12.4. The number of hydrogen-bond acceptors (Lipinski definition) is 6. The number of amides is 1. The Labute approximate surface area is 156 Å². The van der Waals surface area contributed by atoms with Crippen molar-refractivity contribution in [2.75, 3.05) is 25.1 Å². The number of nitrogens with one attached hydrogen (secondary N) is 2. The number of esters is 1. The Balaban J connectivity index is 1.59. The first-order valence-corrected chi connectivity index (χ1v) is 8.60. The molecule has 0 aliphatic carbocycles. The van der Waals surface area contributed by atoms with E-state index >= 15 is 0 Å². The van der Waals surface area contributed by atoms with Gasteiger partial charge in [0.15, 0.2) is 18.1 Å². The number of aromatic nitrogens is 1. The number of aliphatic hydroxyl groups is 1. The van der Waals surface area contributed by atoms with Gasteiger partial charge in [-0.1, -0.05) is 0 Å². The van der Waals surface area contributed by atoms with Crippen molar-refractivity contribution in [3.8, 4) is 11.5 Å². The predicted molar refractivity (Wildman–Crippen MR) is 97.2 cm³/mol. The van der Waals surface area contributed by atoms with Crippen LogP contribution in [0.5, 0.6) is 11.5 Å². The van der Waals surface area contributed by atoms with Crippen LogP contribution >= 0.6 is 0 Å². The van der Waals surface area contributed by atoms with Crippen molar-refractivity contribution in [1.82, 2.24) is 4.98 Å². The lowest BCUT2D eigenvalue weighted by Gasteiger charge is -2.19. The van der Waals surface area contributed by atoms with Crippen molar-refractivity contribution in [2.24, 2.45) is 0 Å². The second-order valence-corrected chi connectivity index (χ2v) is 6.32. The maximum Gasteiger partial charge on any atom is 0.355 e. The summed E-state index contributed by atoms with van der Waals surface area (Å²) in [5.41, 5.74) is 2.71. The summed E-state index contributed by atoms with van der Waals surface area (Å²) in [7, 11) is 0. The standard InChI is InChI=1S/C19H22N2O6/c1-10-17(12(3)22)11(2)20-18(10)19(24)27-9-16(23)21-13-4-5-14-15(8-13)26-7-6-25-14/h4-5,8,12,20,22H,6-7,9H2,1-3H3,(H,21,23)/t12-/m1/s1. The van der Waals surface area contributed by atoms with Gasteiger partial charge in [-0.2, -0.15) is 0 Å². The van der Waals surface area contributed by atoms with Crippen LogP contribution < -0.4 is 14.8 Å². The van der Waals surface area contributed by atoms with E-state index in [4.69, 9.17) is 14.2 Å². The molecule has 1 aromatic heterocycles. The fraction of sp³-hybridized carbons (Fsp3) is 0.368. The molecule has 2 heterocycles. The SMILES string of the molecule is Cc1[nH]c(C(=O)OCC(=O)Nc2ccc3c(c2)OCCO3)c(C)c1[C@@H](C)O. The fourth-order valence-corrected chi connectivity index (χ4v) is 3.12. The van der Waals surface area contributed by atoms with Gasteiger partial charge in [0.25, 0.3) is 5.91 Å². The molecule has 0 spiro atoms. The number of carbonyl (C=O) groups is 2. The summed E-state index contributed by atoms with van der Waals surface area (Å²) in [6.45, 7) is 5.61. The second kappa shape index (κ2) is 7.71. The Morgan fingerprint density at radius 2 is 1.96 bits per heavy atom. The van der Waals surface area contributed by atoms with Gasteiger partial charge in [0.1, 0.15) is 18.9 Å². The van der Waals surface area contributed by atoms with Crippen molar-refractivity contribution in [3.05, 3.63) is 40.7 Å². The molecule has 0 unspecified atom stereocenters. The fourth-order valence-electron chi connectivity index (χ4n) is 3.12. The maximum absolute atomic E-state index is 12.3. The van der Waals surface area contributed by atoms with Crippen LogP contribution in [0.1, 0.15) is 40.3 Å². The van der Waals surface area contributed by atoms with Gasteiger partial charge in [-0.3, -0.25) is 4.79 Å². The number of aliphatic hydroxyl groups excluding tert-OH is 1. The summed E-state index contributed by atoms with van der Waals surface area (Å²) < 4.78 is 16.0. The molecule has 1 aromatic carbocycles. The van der Waals surface area contributed by atoms with E-state index in [-0.39, 0.29) is 5.69 Å². The summed E-state index contributed by atoms with van der Waals surface area (Å²) in [6, 6.07) is 5.04. The van der Waals surface area contributed by atoms with Gasteiger partial charge < -0.3 is 29.6 Å². The zero-order valence-corrected chi connectivity index (χ0v) is 15.4.